The Bertz CT molecular complexity index is 1100. The number of aliphatic hydroxyl groups excluding tert-OH is 1. The quantitative estimate of drug-likeness (QED) is 0.823. The van der Waals surface area contributed by atoms with Crippen molar-refractivity contribution in [1.82, 2.24) is 0 Å². The van der Waals surface area contributed by atoms with Gasteiger partial charge in [0.2, 0.25) is 11.2 Å². The average Bonchev–Trinajstić information content (AvgIpc) is 2.99. The Labute approximate surface area is 149 Å². The Hall–Kier alpha value is -3.59. The standard InChI is InChI=1S/C20H14N2O4/c1-9-7-11-14(13(8-9)26-3)16-17(18(11)22-21)20(24)15-10(19(16)23)5-4-6-12(15)25-2/h4-8H,1-3H3/p+1. The maximum Gasteiger partial charge on any atom is 0.404 e. The summed E-state index contributed by atoms with van der Waals surface area (Å²) in [6, 6.07) is 8.62. The van der Waals surface area contributed by atoms with Gasteiger partial charge in [-0.15, -0.1) is 0 Å². The Kier molecular flexibility index (Phi) is 3.34. The van der Waals surface area contributed by atoms with Crippen molar-refractivity contribution in [3.05, 3.63) is 68.7 Å². The lowest BCUT2D eigenvalue weighted by atomic mass is 9.84. The number of allylic oxidation sites excluding steroid dienone is 2. The summed E-state index contributed by atoms with van der Waals surface area (Å²) in [4.78, 5) is 16.6. The van der Waals surface area contributed by atoms with Gasteiger partial charge in [0.25, 0.3) is 0 Å². The molecule has 0 radical (unpaired) electrons. The molecule has 0 amide bonds. The molecule has 0 spiro atoms. The third-order valence-electron chi connectivity index (χ3n) is 4.75. The summed E-state index contributed by atoms with van der Waals surface area (Å²) in [5.41, 5.74) is 3.16. The van der Waals surface area contributed by atoms with E-state index in [-0.39, 0.29) is 28.4 Å². The molecule has 0 fully saturated rings. The van der Waals surface area contributed by atoms with Crippen LogP contribution in [0.25, 0.3) is 22.0 Å². The van der Waals surface area contributed by atoms with Gasteiger partial charge in [-0.25, -0.2) is 0 Å². The number of aryl methyl sites for hydroxylation is 1. The highest BCUT2D eigenvalue weighted by Gasteiger charge is 2.47. The minimum absolute atomic E-state index is 0.0736. The van der Waals surface area contributed by atoms with Gasteiger partial charge in [0.1, 0.15) is 22.8 Å². The van der Waals surface area contributed by atoms with Crippen molar-refractivity contribution < 1.29 is 19.4 Å². The molecule has 0 atom stereocenters. The lowest BCUT2D eigenvalue weighted by Crippen LogP contribution is -2.15. The molecule has 2 aromatic rings. The van der Waals surface area contributed by atoms with E-state index in [1.54, 1.807) is 24.3 Å². The number of rotatable bonds is 2. The van der Waals surface area contributed by atoms with Crippen LogP contribution in [0.4, 0.5) is 0 Å². The van der Waals surface area contributed by atoms with Crippen LogP contribution in [0.3, 0.4) is 0 Å². The SMILES string of the molecule is COc1cccc2c1C(=O)C1=C([N+]#N)c3cc(C)cc(OC)c3C1=C2O. The number of carbonyl (C=O) groups excluding carboxylic acids is 1. The number of ether oxygens (including phenoxy) is 2. The minimum atomic E-state index is -0.367. The normalized spacial score (nSPS) is 14.6. The van der Waals surface area contributed by atoms with E-state index in [1.165, 1.54) is 14.2 Å². The van der Waals surface area contributed by atoms with Gasteiger partial charge in [0, 0.05) is 16.7 Å². The van der Waals surface area contributed by atoms with E-state index in [4.69, 9.17) is 9.47 Å². The van der Waals surface area contributed by atoms with Gasteiger partial charge in [-0.05, 0) is 30.7 Å². The maximum absolute atomic E-state index is 13.3. The highest BCUT2D eigenvalue weighted by molar-refractivity contribution is 6.34. The van der Waals surface area contributed by atoms with Crippen molar-refractivity contribution in [2.45, 2.75) is 6.92 Å². The van der Waals surface area contributed by atoms with Crippen LogP contribution >= 0.6 is 0 Å². The smallest absolute Gasteiger partial charge is 0.404 e. The van der Waals surface area contributed by atoms with Crippen LogP contribution in [-0.4, -0.2) is 25.1 Å². The van der Waals surface area contributed by atoms with Crippen molar-refractivity contribution in [3.63, 3.8) is 0 Å². The lowest BCUT2D eigenvalue weighted by Gasteiger charge is -2.20. The van der Waals surface area contributed by atoms with E-state index in [1.807, 2.05) is 13.0 Å². The van der Waals surface area contributed by atoms with Gasteiger partial charge in [-0.3, -0.25) is 4.79 Å². The predicted molar refractivity (Wildman–Crippen MR) is 96.5 cm³/mol. The number of diazo groups is 1. The van der Waals surface area contributed by atoms with Crippen LogP contribution in [0.5, 0.6) is 11.5 Å². The molecule has 0 aliphatic heterocycles. The molecule has 26 heavy (non-hydrogen) atoms. The van der Waals surface area contributed by atoms with E-state index >= 15 is 0 Å². The monoisotopic (exact) mass is 347 g/mol. The first-order chi connectivity index (χ1) is 12.5. The summed E-state index contributed by atoms with van der Waals surface area (Å²) in [6.07, 6.45) is 0. The average molecular weight is 347 g/mol. The molecular formula is C20H15N2O4+. The molecule has 6 heteroatoms. The van der Waals surface area contributed by atoms with Gasteiger partial charge >= 0.3 is 5.70 Å². The van der Waals surface area contributed by atoms with Crippen LogP contribution in [0.1, 0.15) is 32.6 Å². The number of hydrogen-bond acceptors (Lipinski definition) is 5. The molecule has 2 aliphatic carbocycles. The van der Waals surface area contributed by atoms with Crippen LogP contribution in [0, 0.1) is 12.3 Å². The van der Waals surface area contributed by atoms with Gasteiger partial charge < -0.3 is 14.6 Å². The number of carbonyl (C=O) groups is 1. The van der Waals surface area contributed by atoms with E-state index in [9.17, 15) is 15.3 Å². The van der Waals surface area contributed by atoms with Crippen LogP contribution in [-0.2, 0) is 0 Å². The second kappa shape index (κ2) is 5.46. The molecule has 0 bridgehead atoms. The lowest BCUT2D eigenvalue weighted by molar-refractivity contribution is 0.103. The first-order valence-electron chi connectivity index (χ1n) is 7.97. The summed E-state index contributed by atoms with van der Waals surface area (Å²) in [6.45, 7) is 1.87. The van der Waals surface area contributed by atoms with Gasteiger partial charge in [-0.1, -0.05) is 12.1 Å². The molecule has 0 saturated carbocycles. The van der Waals surface area contributed by atoms with Gasteiger partial charge in [0.15, 0.2) is 4.98 Å². The number of Topliss-reactive ketones (excluding diaryl/α,β-unsaturated/α-hetero) is 1. The molecule has 2 aromatic carbocycles. The van der Waals surface area contributed by atoms with E-state index in [2.05, 4.69) is 4.98 Å². The van der Waals surface area contributed by atoms with E-state index in [0.717, 1.165) is 5.56 Å². The third-order valence-corrected chi connectivity index (χ3v) is 4.75. The zero-order valence-electron chi connectivity index (χ0n) is 14.5. The predicted octanol–water partition coefficient (Wildman–Crippen LogP) is 4.21. The maximum atomic E-state index is 13.3. The fourth-order valence-electron chi connectivity index (χ4n) is 3.69. The molecule has 0 heterocycles. The minimum Gasteiger partial charge on any atom is -0.507 e. The summed E-state index contributed by atoms with van der Waals surface area (Å²) < 4.78 is 10.8. The molecule has 0 unspecified atom stereocenters. The molecule has 0 saturated heterocycles. The third kappa shape index (κ3) is 1.85. The number of benzene rings is 2. The van der Waals surface area contributed by atoms with Crippen molar-refractivity contribution in [3.8, 4) is 11.5 Å². The highest BCUT2D eigenvalue weighted by atomic mass is 16.5. The van der Waals surface area contributed by atoms with Gasteiger partial charge in [-0.2, -0.15) is 0 Å². The zero-order chi connectivity index (χ0) is 18.6. The second-order valence-corrected chi connectivity index (χ2v) is 6.15. The van der Waals surface area contributed by atoms with Crippen molar-refractivity contribution in [2.24, 2.45) is 0 Å². The highest BCUT2D eigenvalue weighted by Crippen LogP contribution is 2.53. The first kappa shape index (κ1) is 15.9. The van der Waals surface area contributed by atoms with E-state index in [0.29, 0.717) is 33.8 Å². The largest absolute Gasteiger partial charge is 0.507 e. The fraction of sp³-hybridized carbons (Fsp3) is 0.150. The Morgan fingerprint density at radius 1 is 1.00 bits per heavy atom. The second-order valence-electron chi connectivity index (χ2n) is 6.15. The summed E-state index contributed by atoms with van der Waals surface area (Å²) in [5, 5.41) is 20.6. The first-order valence-corrected chi connectivity index (χ1v) is 7.97. The molecule has 128 valence electrons. The zero-order valence-corrected chi connectivity index (χ0v) is 14.5. The number of nitrogens with zero attached hydrogens (tertiary/aromatic N) is 2. The van der Waals surface area contributed by atoms with Crippen molar-refractivity contribution in [2.75, 3.05) is 14.2 Å². The summed E-state index contributed by atoms with van der Waals surface area (Å²) >= 11 is 0. The molecular weight excluding hydrogens is 332 g/mol. The Morgan fingerprint density at radius 3 is 2.38 bits per heavy atom. The molecule has 4 rings (SSSR count). The van der Waals surface area contributed by atoms with Crippen LogP contribution in [0.15, 0.2) is 35.9 Å². The van der Waals surface area contributed by atoms with Crippen molar-refractivity contribution in [1.29, 1.82) is 5.39 Å². The van der Waals surface area contributed by atoms with Crippen LogP contribution in [0.2, 0.25) is 0 Å². The number of methoxy groups -OCH3 is 2. The van der Waals surface area contributed by atoms with Crippen LogP contribution < -0.4 is 9.47 Å². The van der Waals surface area contributed by atoms with Gasteiger partial charge in [0.05, 0.1) is 25.3 Å². The number of fused-ring (bicyclic) bond motifs is 4. The summed E-state index contributed by atoms with van der Waals surface area (Å²) in [7, 11) is 2.97. The molecule has 0 aromatic heterocycles. The number of hydrogen-bond donors (Lipinski definition) is 1. The Balaban J connectivity index is 2.17. The topological polar surface area (TPSA) is 83.9 Å². The van der Waals surface area contributed by atoms with Crippen molar-refractivity contribution >= 4 is 22.8 Å². The summed E-state index contributed by atoms with van der Waals surface area (Å²) in [5.74, 6) is 0.406. The number of aliphatic hydroxyl groups is 1. The fourth-order valence-corrected chi connectivity index (χ4v) is 3.69. The Morgan fingerprint density at radius 2 is 1.73 bits per heavy atom. The van der Waals surface area contributed by atoms with E-state index < -0.39 is 0 Å². The molecule has 6 nitrogen and oxygen atoms in total. The molecule has 2 aliphatic rings. The molecule has 1 N–H and O–H groups in total. The number of ketones is 1.